The maximum absolute atomic E-state index is 12.9. The van der Waals surface area contributed by atoms with Crippen LogP contribution in [0.2, 0.25) is 0 Å². The van der Waals surface area contributed by atoms with E-state index in [4.69, 9.17) is 19.3 Å². The molecule has 3 heterocycles. The van der Waals surface area contributed by atoms with Crippen LogP contribution in [0.15, 0.2) is 82.8 Å². The molecule has 0 aliphatic carbocycles. The number of hydrazone groups is 1. The van der Waals surface area contributed by atoms with Gasteiger partial charge in [-0.2, -0.15) is 5.10 Å². The van der Waals surface area contributed by atoms with E-state index in [0.29, 0.717) is 35.3 Å². The van der Waals surface area contributed by atoms with Crippen molar-refractivity contribution in [3.63, 3.8) is 0 Å². The zero-order chi connectivity index (χ0) is 26.3. The number of methoxy groups -OCH3 is 1. The van der Waals surface area contributed by atoms with Crippen LogP contribution in [0.1, 0.15) is 43.0 Å². The molecule has 0 bridgehead atoms. The standard InChI is InChI=1S/C30H29N3O4S/c1-19(2)18-36-26-14-13-20(15-27(26)35-3)16-28-30(31-29(34)38-28)33-24(22-11-7-8-12-25(22)37-30)17-23(32-33)21-9-5-4-6-10-21/h4-16,19,24H,17-18H2,1-3H3,(H,31,34). The summed E-state index contributed by atoms with van der Waals surface area (Å²) in [4.78, 5) is 13.6. The number of benzene rings is 3. The van der Waals surface area contributed by atoms with Crippen molar-refractivity contribution in [2.45, 2.75) is 32.2 Å². The maximum Gasteiger partial charge on any atom is 0.314 e. The molecule has 1 amide bonds. The van der Waals surface area contributed by atoms with Gasteiger partial charge in [-0.15, -0.1) is 0 Å². The lowest BCUT2D eigenvalue weighted by Crippen LogP contribution is -2.61. The van der Waals surface area contributed by atoms with Crippen molar-refractivity contribution in [1.82, 2.24) is 10.3 Å². The summed E-state index contributed by atoms with van der Waals surface area (Å²) < 4.78 is 18.2. The van der Waals surface area contributed by atoms with Crippen molar-refractivity contribution < 1.29 is 19.0 Å². The third kappa shape index (κ3) is 4.28. The molecule has 38 heavy (non-hydrogen) atoms. The highest BCUT2D eigenvalue weighted by atomic mass is 32.2. The summed E-state index contributed by atoms with van der Waals surface area (Å²) in [6.45, 7) is 4.80. The fraction of sp³-hybridized carbons (Fsp3) is 0.267. The van der Waals surface area contributed by atoms with E-state index in [1.54, 1.807) is 7.11 Å². The van der Waals surface area contributed by atoms with E-state index >= 15 is 0 Å². The minimum atomic E-state index is -1.25. The summed E-state index contributed by atoms with van der Waals surface area (Å²) >= 11 is 1.12. The minimum absolute atomic E-state index is 0.0844. The summed E-state index contributed by atoms with van der Waals surface area (Å²) in [6.07, 6.45) is 2.66. The summed E-state index contributed by atoms with van der Waals surface area (Å²) in [6, 6.07) is 23.8. The molecule has 194 valence electrons. The Labute approximate surface area is 226 Å². The highest BCUT2D eigenvalue weighted by Crippen LogP contribution is 2.52. The van der Waals surface area contributed by atoms with Gasteiger partial charge in [-0.1, -0.05) is 68.4 Å². The monoisotopic (exact) mass is 527 g/mol. The highest BCUT2D eigenvalue weighted by molar-refractivity contribution is 8.17. The Hall–Kier alpha value is -3.91. The summed E-state index contributed by atoms with van der Waals surface area (Å²) in [5.74, 6) is 1.20. The average molecular weight is 528 g/mol. The van der Waals surface area contributed by atoms with Crippen LogP contribution < -0.4 is 19.5 Å². The molecule has 3 aromatic rings. The predicted molar refractivity (Wildman–Crippen MR) is 149 cm³/mol. The number of ether oxygens (including phenoxy) is 3. The van der Waals surface area contributed by atoms with Crippen LogP contribution in [0.25, 0.3) is 6.08 Å². The van der Waals surface area contributed by atoms with Gasteiger partial charge in [-0.05, 0) is 53.1 Å². The van der Waals surface area contributed by atoms with Crippen LogP contribution in [0.4, 0.5) is 4.79 Å². The van der Waals surface area contributed by atoms with Crippen molar-refractivity contribution in [2.24, 2.45) is 11.0 Å². The van der Waals surface area contributed by atoms with E-state index < -0.39 is 5.85 Å². The molecule has 2 atom stereocenters. The second kappa shape index (κ2) is 9.76. The molecule has 3 aliphatic heterocycles. The largest absolute Gasteiger partial charge is 0.493 e. The van der Waals surface area contributed by atoms with E-state index in [1.807, 2.05) is 65.7 Å². The summed E-state index contributed by atoms with van der Waals surface area (Å²) in [7, 11) is 1.63. The van der Waals surface area contributed by atoms with E-state index in [0.717, 1.165) is 39.9 Å². The molecule has 1 saturated heterocycles. The van der Waals surface area contributed by atoms with Crippen molar-refractivity contribution in [3.8, 4) is 17.2 Å². The number of para-hydroxylation sites is 1. The molecule has 0 aromatic heterocycles. The third-order valence-electron chi connectivity index (χ3n) is 6.74. The number of hydrogen-bond acceptors (Lipinski definition) is 7. The number of nitrogens with one attached hydrogen (secondary N) is 1. The molecular weight excluding hydrogens is 498 g/mol. The highest BCUT2D eigenvalue weighted by Gasteiger charge is 2.58. The fourth-order valence-corrected chi connectivity index (χ4v) is 5.88. The van der Waals surface area contributed by atoms with Crippen molar-refractivity contribution in [1.29, 1.82) is 0 Å². The zero-order valence-corrected chi connectivity index (χ0v) is 22.3. The van der Waals surface area contributed by atoms with E-state index in [9.17, 15) is 4.79 Å². The number of thioether (sulfide) groups is 1. The Balaban J connectivity index is 1.43. The molecule has 7 nitrogen and oxygen atoms in total. The maximum atomic E-state index is 12.9. The smallest absolute Gasteiger partial charge is 0.314 e. The zero-order valence-electron chi connectivity index (χ0n) is 21.5. The van der Waals surface area contributed by atoms with Gasteiger partial charge in [0, 0.05) is 12.0 Å². The number of amides is 1. The number of hydrogen-bond donors (Lipinski definition) is 1. The number of carbonyl (C=O) groups is 1. The molecule has 8 heteroatoms. The molecule has 3 aliphatic rings. The second-order valence-electron chi connectivity index (χ2n) is 9.90. The van der Waals surface area contributed by atoms with Gasteiger partial charge in [0.1, 0.15) is 5.75 Å². The molecular formula is C30H29N3O4S. The Morgan fingerprint density at radius 2 is 1.92 bits per heavy atom. The third-order valence-corrected chi connectivity index (χ3v) is 7.64. The Kier molecular flexibility index (Phi) is 6.27. The van der Waals surface area contributed by atoms with E-state index in [2.05, 4.69) is 37.4 Å². The quantitative estimate of drug-likeness (QED) is 0.399. The van der Waals surface area contributed by atoms with Gasteiger partial charge in [-0.25, -0.2) is 5.01 Å². The molecule has 3 aromatic carbocycles. The lowest BCUT2D eigenvalue weighted by molar-refractivity contribution is -0.0949. The van der Waals surface area contributed by atoms with Crippen molar-refractivity contribution >= 4 is 28.8 Å². The van der Waals surface area contributed by atoms with Crippen LogP contribution in [0.3, 0.4) is 0 Å². The molecule has 1 spiro atoms. The molecule has 0 saturated carbocycles. The lowest BCUT2D eigenvalue weighted by atomic mass is 9.95. The van der Waals surface area contributed by atoms with Gasteiger partial charge in [0.2, 0.25) is 0 Å². The van der Waals surface area contributed by atoms with Gasteiger partial charge in [0.05, 0.1) is 30.4 Å². The Morgan fingerprint density at radius 1 is 1.13 bits per heavy atom. The summed E-state index contributed by atoms with van der Waals surface area (Å²) in [5, 5.41) is 9.86. The van der Waals surface area contributed by atoms with Gasteiger partial charge >= 0.3 is 5.85 Å². The van der Waals surface area contributed by atoms with Crippen molar-refractivity contribution in [3.05, 3.63) is 94.4 Å². The topological polar surface area (TPSA) is 72.4 Å². The van der Waals surface area contributed by atoms with E-state index in [-0.39, 0.29) is 11.3 Å². The second-order valence-corrected chi connectivity index (χ2v) is 10.9. The predicted octanol–water partition coefficient (Wildman–Crippen LogP) is 6.42. The van der Waals surface area contributed by atoms with Crippen LogP contribution in [-0.2, 0) is 0 Å². The normalized spacial score (nSPS) is 22.7. The lowest BCUT2D eigenvalue weighted by Gasteiger charge is -2.45. The SMILES string of the molecule is COc1cc(C=C2SC(=O)NC23Oc2ccccc2C2CC(c4ccccc4)=NN23)ccc1OCC(C)C. The minimum Gasteiger partial charge on any atom is -0.493 e. The molecule has 1 fully saturated rings. The van der Waals surface area contributed by atoms with Gasteiger partial charge < -0.3 is 14.2 Å². The Morgan fingerprint density at radius 3 is 2.71 bits per heavy atom. The van der Waals surface area contributed by atoms with Crippen LogP contribution in [0.5, 0.6) is 17.2 Å². The summed E-state index contributed by atoms with van der Waals surface area (Å²) in [5.41, 5.74) is 3.92. The van der Waals surface area contributed by atoms with E-state index in [1.165, 1.54) is 0 Å². The first kappa shape index (κ1) is 24.4. The average Bonchev–Trinajstić information content (AvgIpc) is 3.51. The molecule has 6 rings (SSSR count). The van der Waals surface area contributed by atoms with Gasteiger partial charge in [0.15, 0.2) is 11.5 Å². The molecule has 1 N–H and O–H groups in total. The van der Waals surface area contributed by atoms with Crippen molar-refractivity contribution in [2.75, 3.05) is 13.7 Å². The Bertz CT molecular complexity index is 1440. The first-order valence-electron chi connectivity index (χ1n) is 12.7. The number of nitrogens with zero attached hydrogens (tertiary/aromatic N) is 2. The van der Waals surface area contributed by atoms with Gasteiger partial charge in [-0.3, -0.25) is 10.1 Å². The van der Waals surface area contributed by atoms with Gasteiger partial charge in [0.25, 0.3) is 5.24 Å². The first-order valence-corrected chi connectivity index (χ1v) is 13.5. The molecule has 0 radical (unpaired) electrons. The number of fused-ring (bicyclic) bond motifs is 4. The first-order chi connectivity index (χ1) is 18.5. The van der Waals surface area contributed by atoms with Crippen LogP contribution >= 0.6 is 11.8 Å². The molecule has 2 unspecified atom stereocenters. The number of rotatable bonds is 6. The number of carbonyl (C=O) groups excluding carboxylic acids is 1. The van der Waals surface area contributed by atoms with Crippen LogP contribution in [0, 0.1) is 5.92 Å². The fourth-order valence-electron chi connectivity index (χ4n) is 4.97. The van der Waals surface area contributed by atoms with Crippen LogP contribution in [-0.4, -0.2) is 35.5 Å².